The highest BCUT2D eigenvalue weighted by molar-refractivity contribution is 7.09. The number of nitrogens with one attached hydrogen (secondary N) is 1. The van der Waals surface area contributed by atoms with Crippen LogP contribution in [-0.2, 0) is 14.3 Å². The molecule has 20 heavy (non-hydrogen) atoms. The van der Waals surface area contributed by atoms with Gasteiger partial charge in [-0.25, -0.2) is 9.78 Å². The van der Waals surface area contributed by atoms with Crippen molar-refractivity contribution in [1.82, 2.24) is 10.3 Å². The van der Waals surface area contributed by atoms with Crippen LogP contribution in [-0.4, -0.2) is 40.7 Å². The lowest BCUT2D eigenvalue weighted by Crippen LogP contribution is -2.57. The van der Waals surface area contributed by atoms with Gasteiger partial charge < -0.3 is 15.2 Å². The number of nitrogens with zero attached hydrogens (tertiary/aromatic N) is 1. The molecule has 1 saturated heterocycles. The molecule has 0 bridgehead atoms. The van der Waals surface area contributed by atoms with E-state index in [1.807, 2.05) is 12.3 Å². The predicted molar refractivity (Wildman–Crippen MR) is 74.4 cm³/mol. The fourth-order valence-electron chi connectivity index (χ4n) is 2.01. The van der Waals surface area contributed by atoms with Crippen molar-refractivity contribution in [3.8, 4) is 0 Å². The van der Waals surface area contributed by atoms with Gasteiger partial charge >= 0.3 is 5.97 Å². The Balaban J connectivity index is 2.01. The topological polar surface area (TPSA) is 88.5 Å². The summed E-state index contributed by atoms with van der Waals surface area (Å²) in [6, 6.07) is 0. The third-order valence-electron chi connectivity index (χ3n) is 3.16. The Labute approximate surface area is 120 Å². The first-order valence-electron chi connectivity index (χ1n) is 6.25. The van der Waals surface area contributed by atoms with E-state index < -0.39 is 17.4 Å². The summed E-state index contributed by atoms with van der Waals surface area (Å²) in [6.07, 6.45) is 3.44. The van der Waals surface area contributed by atoms with Gasteiger partial charge in [-0.2, -0.15) is 0 Å². The summed E-state index contributed by atoms with van der Waals surface area (Å²) in [4.78, 5) is 27.5. The quantitative estimate of drug-likeness (QED) is 0.815. The van der Waals surface area contributed by atoms with Crippen molar-refractivity contribution < 1.29 is 19.4 Å². The SMILES string of the molecule is Cc1nc(/C=C/C(=O)NC2(C(=O)O)CCOCC2)cs1. The first kappa shape index (κ1) is 14.7. The molecule has 0 aromatic carbocycles. The highest BCUT2D eigenvalue weighted by Crippen LogP contribution is 2.21. The van der Waals surface area contributed by atoms with Crippen LogP contribution in [0, 0.1) is 6.92 Å². The summed E-state index contributed by atoms with van der Waals surface area (Å²) in [5.41, 5.74) is -0.531. The van der Waals surface area contributed by atoms with Crippen LogP contribution in [0.2, 0.25) is 0 Å². The van der Waals surface area contributed by atoms with E-state index in [1.165, 1.54) is 17.4 Å². The number of ether oxygens (including phenoxy) is 1. The molecule has 108 valence electrons. The molecule has 6 nitrogen and oxygen atoms in total. The minimum absolute atomic E-state index is 0.276. The molecule has 0 aliphatic carbocycles. The van der Waals surface area contributed by atoms with Crippen LogP contribution in [0.5, 0.6) is 0 Å². The molecule has 1 fully saturated rings. The van der Waals surface area contributed by atoms with Crippen LogP contribution >= 0.6 is 11.3 Å². The Kier molecular flexibility index (Phi) is 4.51. The van der Waals surface area contributed by atoms with Crippen LogP contribution in [0.1, 0.15) is 23.5 Å². The van der Waals surface area contributed by atoms with Gasteiger partial charge in [-0.1, -0.05) is 0 Å². The molecule has 0 spiro atoms. The Morgan fingerprint density at radius 1 is 1.50 bits per heavy atom. The summed E-state index contributed by atoms with van der Waals surface area (Å²) < 4.78 is 5.15. The normalized spacial score (nSPS) is 18.1. The average Bonchev–Trinajstić information content (AvgIpc) is 2.83. The van der Waals surface area contributed by atoms with Crippen LogP contribution in [0.25, 0.3) is 6.08 Å². The van der Waals surface area contributed by atoms with Crippen molar-refractivity contribution in [1.29, 1.82) is 0 Å². The van der Waals surface area contributed by atoms with E-state index in [0.717, 1.165) is 5.01 Å². The van der Waals surface area contributed by atoms with Gasteiger partial charge in [0.2, 0.25) is 5.91 Å². The van der Waals surface area contributed by atoms with E-state index in [0.29, 0.717) is 18.9 Å². The molecule has 0 saturated carbocycles. The van der Waals surface area contributed by atoms with Crippen molar-refractivity contribution in [2.45, 2.75) is 25.3 Å². The third-order valence-corrected chi connectivity index (χ3v) is 3.95. The standard InChI is InChI=1S/C13H16N2O4S/c1-9-14-10(8-20-9)2-3-11(16)15-13(12(17)18)4-6-19-7-5-13/h2-3,8H,4-7H2,1H3,(H,15,16)(H,17,18)/b3-2+. The zero-order chi connectivity index (χ0) is 14.6. The van der Waals surface area contributed by atoms with Gasteiger partial charge in [0.05, 0.1) is 10.7 Å². The lowest BCUT2D eigenvalue weighted by Gasteiger charge is -2.33. The summed E-state index contributed by atoms with van der Waals surface area (Å²) >= 11 is 1.49. The average molecular weight is 296 g/mol. The Morgan fingerprint density at radius 2 is 2.20 bits per heavy atom. The molecular weight excluding hydrogens is 280 g/mol. The Hall–Kier alpha value is -1.73. The minimum atomic E-state index is -1.22. The molecule has 1 aromatic heterocycles. The van der Waals surface area contributed by atoms with Crippen molar-refractivity contribution >= 4 is 29.3 Å². The van der Waals surface area contributed by atoms with E-state index in [9.17, 15) is 14.7 Å². The van der Waals surface area contributed by atoms with E-state index in [-0.39, 0.29) is 12.8 Å². The molecule has 0 unspecified atom stereocenters. The lowest BCUT2D eigenvalue weighted by atomic mass is 9.90. The number of amides is 1. The molecule has 1 amide bonds. The molecule has 2 N–H and O–H groups in total. The van der Waals surface area contributed by atoms with Gasteiger partial charge in [-0.15, -0.1) is 11.3 Å². The van der Waals surface area contributed by atoms with E-state index in [2.05, 4.69) is 10.3 Å². The molecule has 0 radical (unpaired) electrons. The highest BCUT2D eigenvalue weighted by Gasteiger charge is 2.41. The second-order valence-electron chi connectivity index (χ2n) is 4.61. The van der Waals surface area contributed by atoms with Gasteiger partial charge in [0, 0.05) is 37.5 Å². The second-order valence-corrected chi connectivity index (χ2v) is 5.68. The number of thiazole rings is 1. The van der Waals surface area contributed by atoms with Gasteiger partial charge in [-0.3, -0.25) is 4.79 Å². The van der Waals surface area contributed by atoms with Crippen molar-refractivity contribution in [3.05, 3.63) is 22.2 Å². The lowest BCUT2D eigenvalue weighted by molar-refractivity contribution is -0.151. The van der Waals surface area contributed by atoms with Gasteiger partial charge in [0.15, 0.2) is 0 Å². The smallest absolute Gasteiger partial charge is 0.329 e. The summed E-state index contributed by atoms with van der Waals surface area (Å²) in [5.74, 6) is -1.45. The molecule has 0 atom stereocenters. The maximum Gasteiger partial charge on any atom is 0.329 e. The van der Waals surface area contributed by atoms with E-state index in [4.69, 9.17) is 4.74 Å². The van der Waals surface area contributed by atoms with Crippen LogP contribution in [0.15, 0.2) is 11.5 Å². The number of hydrogen-bond donors (Lipinski definition) is 2. The maximum absolute atomic E-state index is 11.9. The zero-order valence-corrected chi connectivity index (χ0v) is 11.9. The Bertz CT molecular complexity index is 532. The van der Waals surface area contributed by atoms with Crippen molar-refractivity contribution in [2.24, 2.45) is 0 Å². The number of aryl methyl sites for hydroxylation is 1. The molecule has 1 aliphatic heterocycles. The van der Waals surface area contributed by atoms with Crippen LogP contribution in [0.4, 0.5) is 0 Å². The minimum Gasteiger partial charge on any atom is -0.480 e. The summed E-state index contributed by atoms with van der Waals surface area (Å²) in [6.45, 7) is 2.55. The van der Waals surface area contributed by atoms with Gasteiger partial charge in [-0.05, 0) is 13.0 Å². The summed E-state index contributed by atoms with van der Waals surface area (Å²) in [7, 11) is 0. The number of aliphatic carboxylic acids is 1. The fourth-order valence-corrected chi connectivity index (χ4v) is 2.59. The number of carbonyl (C=O) groups excluding carboxylic acids is 1. The first-order chi connectivity index (χ1) is 9.52. The molecule has 2 rings (SSSR count). The third kappa shape index (κ3) is 3.43. The van der Waals surface area contributed by atoms with Crippen LogP contribution < -0.4 is 5.32 Å². The first-order valence-corrected chi connectivity index (χ1v) is 7.13. The Morgan fingerprint density at radius 3 is 2.75 bits per heavy atom. The molecule has 7 heteroatoms. The van der Waals surface area contributed by atoms with E-state index >= 15 is 0 Å². The number of aromatic nitrogens is 1. The van der Waals surface area contributed by atoms with Gasteiger partial charge in [0.1, 0.15) is 5.54 Å². The fraction of sp³-hybridized carbons (Fsp3) is 0.462. The van der Waals surface area contributed by atoms with Crippen molar-refractivity contribution in [2.75, 3.05) is 13.2 Å². The number of carboxylic acids is 1. The van der Waals surface area contributed by atoms with Crippen molar-refractivity contribution in [3.63, 3.8) is 0 Å². The number of carboxylic acid groups (broad SMARTS) is 1. The van der Waals surface area contributed by atoms with Gasteiger partial charge in [0.25, 0.3) is 0 Å². The summed E-state index contributed by atoms with van der Waals surface area (Å²) in [5, 5.41) is 14.6. The molecule has 1 aromatic rings. The number of carbonyl (C=O) groups is 2. The molecular formula is C13H16N2O4S. The molecule has 2 heterocycles. The van der Waals surface area contributed by atoms with Crippen LogP contribution in [0.3, 0.4) is 0 Å². The number of rotatable bonds is 4. The van der Waals surface area contributed by atoms with E-state index in [1.54, 1.807) is 6.08 Å². The predicted octanol–water partition coefficient (Wildman–Crippen LogP) is 1.21. The zero-order valence-electron chi connectivity index (χ0n) is 11.1. The maximum atomic E-state index is 11.9. The molecule has 1 aliphatic rings. The second kappa shape index (κ2) is 6.15. The number of hydrogen-bond acceptors (Lipinski definition) is 5. The monoisotopic (exact) mass is 296 g/mol. The largest absolute Gasteiger partial charge is 0.480 e. The highest BCUT2D eigenvalue weighted by atomic mass is 32.1.